The van der Waals surface area contributed by atoms with Crippen molar-refractivity contribution in [2.45, 2.75) is 27.2 Å². The molecule has 0 saturated heterocycles. The second-order valence-corrected chi connectivity index (χ2v) is 4.21. The molecule has 0 aliphatic carbocycles. The molecule has 4 nitrogen and oxygen atoms in total. The third-order valence-electron chi connectivity index (χ3n) is 2.10. The number of hydrogen-bond acceptors (Lipinski definition) is 2. The molecule has 0 bridgehead atoms. The van der Waals surface area contributed by atoms with Gasteiger partial charge in [-0.05, 0) is 15.8 Å². The maximum Gasteiger partial charge on any atom is 0.250 e. The predicted molar refractivity (Wildman–Crippen MR) is 54.7 cm³/mol. The van der Waals surface area contributed by atoms with Crippen molar-refractivity contribution in [2.24, 2.45) is 11.3 Å². The lowest BCUT2D eigenvalue weighted by atomic mass is 9.82. The Morgan fingerprint density at radius 3 is 2.36 bits per heavy atom. The summed E-state index contributed by atoms with van der Waals surface area (Å²) < 4.78 is 11.8. The average Bonchev–Trinajstić information content (AvgIpc) is 2.14. The van der Waals surface area contributed by atoms with Crippen molar-refractivity contribution < 1.29 is 14.1 Å². The number of amides is 2. The Kier molecular flexibility index (Phi) is 4.99. The van der Waals surface area contributed by atoms with Crippen molar-refractivity contribution in [3.63, 3.8) is 0 Å². The van der Waals surface area contributed by atoms with E-state index in [0.717, 1.165) is 5.54 Å². The first kappa shape index (κ1) is 13.3. The van der Waals surface area contributed by atoms with Crippen molar-refractivity contribution in [1.29, 1.82) is 0 Å². The standard InChI is InChI=1S/C8H16FN2O2P/c1-5(6(12)10-9)4-8(2,3)7(13)11-14/h5H,4,14H2,1-3H3,(H,10,12)(H,11,13). The Labute approximate surface area is 85.2 Å². The van der Waals surface area contributed by atoms with Gasteiger partial charge in [-0.2, -0.15) is 5.54 Å². The molecule has 6 heteroatoms. The molecule has 2 N–H and O–H groups in total. The van der Waals surface area contributed by atoms with Crippen LogP contribution in [0.1, 0.15) is 27.2 Å². The SMILES string of the molecule is CC(CC(C)(C)C(=O)NP)C(=O)NF. The highest BCUT2D eigenvalue weighted by atomic mass is 31.0. The summed E-state index contributed by atoms with van der Waals surface area (Å²) in [5.41, 5.74) is 0.382. The van der Waals surface area contributed by atoms with Crippen molar-refractivity contribution in [1.82, 2.24) is 10.6 Å². The summed E-state index contributed by atoms with van der Waals surface area (Å²) in [4.78, 5) is 22.2. The lowest BCUT2D eigenvalue weighted by Crippen LogP contribution is -2.36. The molecule has 0 rings (SSSR count). The van der Waals surface area contributed by atoms with E-state index in [2.05, 4.69) is 14.5 Å². The van der Waals surface area contributed by atoms with E-state index in [1.165, 1.54) is 0 Å². The van der Waals surface area contributed by atoms with Gasteiger partial charge in [-0.3, -0.25) is 9.59 Å². The molecular formula is C8H16FN2O2P. The summed E-state index contributed by atoms with van der Waals surface area (Å²) in [6.45, 7) is 4.98. The normalized spacial score (nSPS) is 13.2. The van der Waals surface area contributed by atoms with E-state index >= 15 is 0 Å². The zero-order valence-corrected chi connectivity index (χ0v) is 9.71. The van der Waals surface area contributed by atoms with Gasteiger partial charge in [0.05, 0.1) is 0 Å². The molecule has 82 valence electrons. The van der Waals surface area contributed by atoms with Crippen LogP contribution in [0.4, 0.5) is 4.48 Å². The Hall–Kier alpha value is -0.700. The molecule has 0 fully saturated rings. The average molecular weight is 222 g/mol. The predicted octanol–water partition coefficient (Wildman–Crippen LogP) is 0.946. The highest BCUT2D eigenvalue weighted by Crippen LogP contribution is 2.26. The van der Waals surface area contributed by atoms with Crippen molar-refractivity contribution in [2.75, 3.05) is 0 Å². The molecule has 14 heavy (non-hydrogen) atoms. The van der Waals surface area contributed by atoms with Crippen LogP contribution < -0.4 is 10.6 Å². The molecule has 0 aromatic rings. The van der Waals surface area contributed by atoms with Crippen LogP contribution in [0.15, 0.2) is 0 Å². The van der Waals surface area contributed by atoms with Crippen LogP contribution in [0, 0.1) is 11.3 Å². The zero-order valence-electron chi connectivity index (χ0n) is 8.56. The number of carbonyl (C=O) groups excluding carboxylic acids is 2. The van der Waals surface area contributed by atoms with Crippen LogP contribution in [0.3, 0.4) is 0 Å². The summed E-state index contributed by atoms with van der Waals surface area (Å²) >= 11 is 0. The largest absolute Gasteiger partial charge is 0.340 e. The third-order valence-corrected chi connectivity index (χ3v) is 2.37. The van der Waals surface area contributed by atoms with Gasteiger partial charge in [-0.25, -0.2) is 0 Å². The second kappa shape index (κ2) is 5.25. The molecule has 2 unspecified atom stereocenters. The lowest BCUT2D eigenvalue weighted by molar-refractivity contribution is -0.132. The van der Waals surface area contributed by atoms with Gasteiger partial charge in [0, 0.05) is 11.3 Å². The van der Waals surface area contributed by atoms with Crippen LogP contribution in [0.25, 0.3) is 0 Å². The van der Waals surface area contributed by atoms with Gasteiger partial charge in [0.2, 0.25) is 11.8 Å². The van der Waals surface area contributed by atoms with E-state index in [1.54, 1.807) is 20.8 Å². The quantitative estimate of drug-likeness (QED) is 0.549. The van der Waals surface area contributed by atoms with Crippen LogP contribution in [-0.2, 0) is 9.59 Å². The Bertz CT molecular complexity index is 233. The first-order valence-corrected chi connectivity index (χ1v) is 4.84. The fourth-order valence-electron chi connectivity index (χ4n) is 1.24. The molecule has 0 radical (unpaired) electrons. The summed E-state index contributed by atoms with van der Waals surface area (Å²) in [5, 5.41) is 2.42. The van der Waals surface area contributed by atoms with Crippen LogP contribution in [-0.4, -0.2) is 11.8 Å². The molecule has 2 amide bonds. The molecule has 2 atom stereocenters. The van der Waals surface area contributed by atoms with Gasteiger partial charge in [-0.15, -0.1) is 4.48 Å². The van der Waals surface area contributed by atoms with Crippen LogP contribution in [0.2, 0.25) is 0 Å². The van der Waals surface area contributed by atoms with Gasteiger partial charge >= 0.3 is 0 Å². The number of nitrogens with one attached hydrogen (secondary N) is 2. The molecule has 0 aromatic heterocycles. The fourth-order valence-corrected chi connectivity index (χ4v) is 1.63. The summed E-state index contributed by atoms with van der Waals surface area (Å²) in [5.74, 6) is -1.42. The minimum atomic E-state index is -0.699. The van der Waals surface area contributed by atoms with E-state index in [4.69, 9.17) is 0 Å². The molecule has 0 heterocycles. The molecule has 0 spiro atoms. The summed E-state index contributed by atoms with van der Waals surface area (Å²) in [6, 6.07) is 0. The topological polar surface area (TPSA) is 58.2 Å². The molecular weight excluding hydrogens is 206 g/mol. The minimum Gasteiger partial charge on any atom is -0.340 e. The molecule has 0 aromatic carbocycles. The van der Waals surface area contributed by atoms with Gasteiger partial charge in [0.15, 0.2) is 0 Å². The van der Waals surface area contributed by atoms with Crippen molar-refractivity contribution >= 4 is 21.2 Å². The first-order valence-electron chi connectivity index (χ1n) is 4.26. The van der Waals surface area contributed by atoms with E-state index in [0.29, 0.717) is 6.42 Å². The van der Waals surface area contributed by atoms with Gasteiger partial charge in [0.25, 0.3) is 0 Å². The third kappa shape index (κ3) is 3.58. The Morgan fingerprint density at radius 2 is 2.00 bits per heavy atom. The van der Waals surface area contributed by atoms with Crippen molar-refractivity contribution in [3.8, 4) is 0 Å². The van der Waals surface area contributed by atoms with E-state index < -0.39 is 17.2 Å². The number of carbonyl (C=O) groups is 2. The fraction of sp³-hybridized carbons (Fsp3) is 0.750. The second-order valence-electron chi connectivity index (χ2n) is 3.92. The first-order chi connectivity index (χ1) is 6.35. The van der Waals surface area contributed by atoms with Gasteiger partial charge in [0.1, 0.15) is 0 Å². The Morgan fingerprint density at radius 1 is 1.50 bits per heavy atom. The van der Waals surface area contributed by atoms with E-state index in [-0.39, 0.29) is 5.91 Å². The minimum absolute atomic E-state index is 0.194. The maximum absolute atomic E-state index is 11.8. The van der Waals surface area contributed by atoms with Crippen molar-refractivity contribution in [3.05, 3.63) is 0 Å². The van der Waals surface area contributed by atoms with Gasteiger partial charge < -0.3 is 5.09 Å². The maximum atomic E-state index is 11.8. The number of rotatable bonds is 4. The molecule has 0 aliphatic heterocycles. The molecule has 0 saturated carbocycles. The Balaban J connectivity index is 4.35. The smallest absolute Gasteiger partial charge is 0.250 e. The lowest BCUT2D eigenvalue weighted by Gasteiger charge is -2.24. The highest BCUT2D eigenvalue weighted by Gasteiger charge is 2.31. The van der Waals surface area contributed by atoms with Crippen LogP contribution >= 0.6 is 9.39 Å². The van der Waals surface area contributed by atoms with E-state index in [9.17, 15) is 14.1 Å². The van der Waals surface area contributed by atoms with E-state index in [1.807, 2.05) is 0 Å². The summed E-state index contributed by atoms with van der Waals surface area (Å²) in [7, 11) is 2.10. The monoisotopic (exact) mass is 222 g/mol. The molecule has 0 aliphatic rings. The summed E-state index contributed by atoms with van der Waals surface area (Å²) in [6.07, 6.45) is 0.295. The zero-order chi connectivity index (χ0) is 11.4. The number of hydrogen-bond donors (Lipinski definition) is 2. The highest BCUT2D eigenvalue weighted by molar-refractivity contribution is 7.15. The number of halogens is 1. The van der Waals surface area contributed by atoms with Crippen LogP contribution in [0.5, 0.6) is 0 Å². The van der Waals surface area contributed by atoms with Gasteiger partial charge in [-0.1, -0.05) is 20.8 Å².